The van der Waals surface area contributed by atoms with Crippen LogP contribution in [0.2, 0.25) is 0 Å². The molecule has 9 aromatic rings. The van der Waals surface area contributed by atoms with Gasteiger partial charge in [0.15, 0.2) is 0 Å². The normalized spacial score (nSPS) is 13.3. The monoisotopic (exact) mass is 944 g/mol. The quantitative estimate of drug-likeness (QED) is 0.0971. The fourth-order valence-corrected chi connectivity index (χ4v) is 14.1. The highest BCUT2D eigenvalue weighted by atomic mass is 31.2. The number of imide groups is 1. The van der Waals surface area contributed by atoms with Gasteiger partial charge in [-0.3, -0.25) is 24.7 Å². The van der Waals surface area contributed by atoms with E-state index in [1.165, 1.54) is 25.7 Å². The van der Waals surface area contributed by atoms with Crippen molar-refractivity contribution in [1.82, 2.24) is 0 Å². The molecule has 3 amide bonds. The molecule has 0 spiro atoms. The average Bonchev–Trinajstić information content (AvgIpc) is 3.80. The zero-order chi connectivity index (χ0) is 48.9. The summed E-state index contributed by atoms with van der Waals surface area (Å²) in [6.45, 7) is 6.23. The number of nitrogens with one attached hydrogen (secondary N) is 1. The summed E-state index contributed by atoms with van der Waals surface area (Å²) in [5.41, 5.74) is 5.48. The largest absolute Gasteiger partial charge is 0.457 e. The Morgan fingerprint density at radius 3 is 1.31 bits per heavy atom. The van der Waals surface area contributed by atoms with Gasteiger partial charge in [-0.25, -0.2) is 4.90 Å². The maximum absolute atomic E-state index is 14.2. The molecule has 2 aliphatic rings. The lowest BCUT2D eigenvalue weighted by atomic mass is 9.78. The lowest BCUT2D eigenvalue weighted by Gasteiger charge is -2.28. The summed E-state index contributed by atoms with van der Waals surface area (Å²) in [5, 5.41) is 14.1. The van der Waals surface area contributed by atoms with Gasteiger partial charge in [-0.15, -0.1) is 0 Å². The maximum atomic E-state index is 14.2. The van der Waals surface area contributed by atoms with Gasteiger partial charge in [0.05, 0.1) is 28.1 Å². The van der Waals surface area contributed by atoms with E-state index < -0.39 is 7.26 Å². The number of benzene rings is 9. The third-order valence-corrected chi connectivity index (χ3v) is 17.8. The van der Waals surface area contributed by atoms with Crippen LogP contribution in [0.25, 0.3) is 0 Å². The minimum Gasteiger partial charge on any atom is -0.457 e. The minimum absolute atomic E-state index is 0.0910. The molecule has 2 aliphatic heterocycles. The van der Waals surface area contributed by atoms with Gasteiger partial charge < -0.3 is 9.47 Å². The van der Waals surface area contributed by atoms with Crippen LogP contribution in [0.5, 0.6) is 23.0 Å². The smallest absolute Gasteiger partial charge is 0.266 e. The second-order valence-electron chi connectivity index (χ2n) is 18.3. The van der Waals surface area contributed by atoms with E-state index in [0.29, 0.717) is 56.6 Å². The molecule has 71 heavy (non-hydrogen) atoms. The summed E-state index contributed by atoms with van der Waals surface area (Å²) in [6.07, 6.45) is 0. The molecule has 0 unspecified atom stereocenters. The summed E-state index contributed by atoms with van der Waals surface area (Å²) < 4.78 is 12.6. The standard InChI is InChI=1S/C62H47N3O5P/c1-41-15-13-16-44(37-41)65-60(67)55-36-34-49(40-57(55)61(65)68)70-47-31-27-43(28-32-47)62(2,3)42-25-29-46(30-26-42)69-48-33-35-54-56(39-48)58(63)64(59(54)66)45-17-14-24-53(38-45)71(50-18-7-4-8-19-50,51-20-9-5-10-21-51)52-22-11-6-12-23-52/h4-40,63H,1-3H3/q+1. The number of aryl methyl sites for hydroxylation is 1. The Kier molecular flexibility index (Phi) is 11.3. The summed E-state index contributed by atoms with van der Waals surface area (Å²) >= 11 is 0. The predicted molar refractivity (Wildman–Crippen MR) is 285 cm³/mol. The van der Waals surface area contributed by atoms with Crippen molar-refractivity contribution < 1.29 is 23.9 Å². The van der Waals surface area contributed by atoms with Crippen molar-refractivity contribution in [2.24, 2.45) is 0 Å². The van der Waals surface area contributed by atoms with Gasteiger partial charge in [0.1, 0.15) is 57.3 Å². The maximum Gasteiger partial charge on any atom is 0.266 e. The van der Waals surface area contributed by atoms with Crippen molar-refractivity contribution in [2.75, 3.05) is 9.80 Å². The first kappa shape index (κ1) is 44.8. The molecule has 1 N–H and O–H groups in total. The van der Waals surface area contributed by atoms with Crippen LogP contribution < -0.4 is 40.5 Å². The van der Waals surface area contributed by atoms with E-state index >= 15 is 0 Å². The van der Waals surface area contributed by atoms with E-state index in [1.54, 1.807) is 42.5 Å². The van der Waals surface area contributed by atoms with Crippen molar-refractivity contribution in [3.63, 3.8) is 0 Å². The number of anilines is 2. The Hall–Kier alpha value is -8.71. The van der Waals surface area contributed by atoms with E-state index in [4.69, 9.17) is 9.47 Å². The summed E-state index contributed by atoms with van der Waals surface area (Å²) in [4.78, 5) is 43.6. The van der Waals surface area contributed by atoms with E-state index in [2.05, 4.69) is 98.8 Å². The SMILES string of the molecule is Cc1cccc(N2C(=O)c3ccc(Oc4ccc(C(C)(C)c5ccc(Oc6ccc7c(c6)C(=N)N(c6cccc([P+](c8ccccc8)(c8ccccc8)c8ccccc8)c6)C7=O)cc5)cc4)cc3C2=O)c1. The highest BCUT2D eigenvalue weighted by Gasteiger charge is 2.48. The molecule has 0 atom stereocenters. The number of carbonyl (C=O) groups is 3. The van der Waals surface area contributed by atoms with Gasteiger partial charge in [-0.05, 0) is 145 Å². The highest BCUT2D eigenvalue weighted by molar-refractivity contribution is 8.01. The first-order valence-electron chi connectivity index (χ1n) is 23.4. The van der Waals surface area contributed by atoms with Crippen LogP contribution in [0.3, 0.4) is 0 Å². The van der Waals surface area contributed by atoms with Gasteiger partial charge >= 0.3 is 0 Å². The number of hydrogen-bond acceptors (Lipinski definition) is 6. The van der Waals surface area contributed by atoms with Crippen molar-refractivity contribution in [1.29, 1.82) is 5.41 Å². The first-order valence-corrected chi connectivity index (χ1v) is 25.2. The van der Waals surface area contributed by atoms with Crippen molar-refractivity contribution in [3.8, 4) is 23.0 Å². The van der Waals surface area contributed by atoms with Crippen LogP contribution in [0.15, 0.2) is 224 Å². The molecule has 0 radical (unpaired) electrons. The molecular weight excluding hydrogens is 898 g/mol. The molecule has 0 fully saturated rings. The zero-order valence-corrected chi connectivity index (χ0v) is 40.1. The Morgan fingerprint density at radius 1 is 0.394 bits per heavy atom. The Bertz CT molecular complexity index is 3450. The fourth-order valence-electron chi connectivity index (χ4n) is 9.85. The summed E-state index contributed by atoms with van der Waals surface area (Å²) in [6, 6.07) is 73.3. The third kappa shape index (κ3) is 7.89. The number of fused-ring (bicyclic) bond motifs is 2. The van der Waals surface area contributed by atoms with E-state index in [9.17, 15) is 19.8 Å². The Morgan fingerprint density at radius 2 is 0.803 bits per heavy atom. The third-order valence-electron chi connectivity index (χ3n) is 13.6. The first-order chi connectivity index (χ1) is 34.5. The molecule has 11 rings (SSSR count). The molecule has 2 heterocycles. The van der Waals surface area contributed by atoms with Crippen LogP contribution >= 0.6 is 7.26 Å². The zero-order valence-electron chi connectivity index (χ0n) is 39.2. The number of hydrogen-bond donors (Lipinski definition) is 1. The summed E-state index contributed by atoms with van der Waals surface area (Å²) in [7, 11) is -2.45. The predicted octanol–water partition coefficient (Wildman–Crippen LogP) is 12.3. The lowest BCUT2D eigenvalue weighted by Crippen LogP contribution is -2.39. The van der Waals surface area contributed by atoms with Crippen LogP contribution in [0.1, 0.15) is 67.2 Å². The molecule has 0 aliphatic carbocycles. The number of ether oxygens (including phenoxy) is 2. The van der Waals surface area contributed by atoms with E-state index in [-0.39, 0.29) is 29.0 Å². The second kappa shape index (κ2) is 18.0. The summed E-state index contributed by atoms with van der Waals surface area (Å²) in [5.74, 6) is 1.30. The molecular formula is C62H47N3O5P+. The second-order valence-corrected chi connectivity index (χ2v) is 21.7. The van der Waals surface area contributed by atoms with Gasteiger partial charge in [0.25, 0.3) is 17.7 Å². The van der Waals surface area contributed by atoms with Crippen molar-refractivity contribution in [3.05, 3.63) is 263 Å². The van der Waals surface area contributed by atoms with E-state index in [0.717, 1.165) is 22.0 Å². The Labute approximate surface area is 413 Å². The molecule has 0 saturated carbocycles. The van der Waals surface area contributed by atoms with Gasteiger partial charge in [-0.1, -0.05) is 111 Å². The number of nitrogens with zero attached hydrogens (tertiary/aromatic N) is 2. The van der Waals surface area contributed by atoms with Crippen LogP contribution in [0, 0.1) is 12.3 Å². The lowest BCUT2D eigenvalue weighted by molar-refractivity contribution is 0.0924. The fraction of sp³-hybridized carbons (Fsp3) is 0.0645. The topological polar surface area (TPSA) is 100 Å². The molecule has 9 aromatic carbocycles. The van der Waals surface area contributed by atoms with Crippen LogP contribution in [0.4, 0.5) is 11.4 Å². The number of carbonyl (C=O) groups excluding carboxylic acids is 3. The van der Waals surface area contributed by atoms with Gasteiger partial charge in [-0.2, -0.15) is 0 Å². The van der Waals surface area contributed by atoms with Crippen molar-refractivity contribution in [2.45, 2.75) is 26.2 Å². The molecule has 9 heteroatoms. The Balaban J connectivity index is 0.794. The van der Waals surface area contributed by atoms with Crippen LogP contribution in [-0.4, -0.2) is 23.6 Å². The van der Waals surface area contributed by atoms with Crippen LogP contribution in [-0.2, 0) is 5.41 Å². The minimum atomic E-state index is -2.45. The molecule has 344 valence electrons. The molecule has 0 saturated heterocycles. The molecule has 8 nitrogen and oxygen atoms in total. The average molecular weight is 945 g/mol. The van der Waals surface area contributed by atoms with Crippen molar-refractivity contribution >= 4 is 63.4 Å². The number of amidine groups is 1. The van der Waals surface area contributed by atoms with Gasteiger partial charge in [0, 0.05) is 17.0 Å². The number of rotatable bonds is 12. The molecule has 0 bridgehead atoms. The van der Waals surface area contributed by atoms with Gasteiger partial charge in [0.2, 0.25) is 0 Å². The number of amides is 3. The molecule has 0 aromatic heterocycles. The van der Waals surface area contributed by atoms with E-state index in [1.807, 2.05) is 104 Å². The highest BCUT2D eigenvalue weighted by Crippen LogP contribution is 2.54.